The van der Waals surface area contributed by atoms with Crippen molar-refractivity contribution in [3.63, 3.8) is 0 Å². The fourth-order valence-electron chi connectivity index (χ4n) is 2.43. The van der Waals surface area contributed by atoms with Crippen LogP contribution in [0.5, 0.6) is 5.75 Å². The predicted octanol–water partition coefficient (Wildman–Crippen LogP) is 5.61. The van der Waals surface area contributed by atoms with E-state index in [1.54, 1.807) is 7.11 Å². The third-order valence-electron chi connectivity index (χ3n) is 3.59. The molecule has 0 aliphatic carbocycles. The normalized spacial score (nSPS) is 12.0. The van der Waals surface area contributed by atoms with Crippen molar-refractivity contribution in [3.05, 3.63) is 58.6 Å². The molecule has 1 N–H and O–H groups in total. The lowest BCUT2D eigenvalue weighted by Crippen LogP contribution is -2.11. The first-order valence-electron chi connectivity index (χ1n) is 7.31. The zero-order chi connectivity index (χ0) is 15.2. The molecule has 0 saturated carbocycles. The first-order valence-corrected chi connectivity index (χ1v) is 7.69. The van der Waals surface area contributed by atoms with Crippen molar-refractivity contribution in [2.24, 2.45) is 0 Å². The van der Waals surface area contributed by atoms with Crippen LogP contribution in [0.2, 0.25) is 5.02 Å². The van der Waals surface area contributed by atoms with E-state index in [9.17, 15) is 0 Å². The number of hydrogen-bond donors (Lipinski definition) is 1. The van der Waals surface area contributed by atoms with E-state index in [0.29, 0.717) is 0 Å². The lowest BCUT2D eigenvalue weighted by molar-refractivity contribution is 0.415. The van der Waals surface area contributed by atoms with Gasteiger partial charge in [-0.2, -0.15) is 0 Å². The van der Waals surface area contributed by atoms with Gasteiger partial charge in [0, 0.05) is 11.1 Å². The quantitative estimate of drug-likeness (QED) is 0.749. The summed E-state index contributed by atoms with van der Waals surface area (Å²) in [6.45, 7) is 4.20. The molecule has 0 aliphatic rings. The van der Waals surface area contributed by atoms with E-state index >= 15 is 0 Å². The second-order valence-corrected chi connectivity index (χ2v) is 5.61. The standard InChI is InChI=1S/C18H22ClNO/c1-4-8-16(14-9-6-5-7-10-14)20-17-11-13(2)15(19)12-18(17)21-3/h5-7,9-12,16,20H,4,8H2,1-3H3. The number of ether oxygens (including phenoxy) is 1. The molecular weight excluding hydrogens is 282 g/mol. The summed E-state index contributed by atoms with van der Waals surface area (Å²) >= 11 is 6.17. The van der Waals surface area contributed by atoms with Crippen LogP contribution in [-0.2, 0) is 0 Å². The van der Waals surface area contributed by atoms with Crippen molar-refractivity contribution in [1.82, 2.24) is 0 Å². The van der Waals surface area contributed by atoms with E-state index in [4.69, 9.17) is 16.3 Å². The van der Waals surface area contributed by atoms with Gasteiger partial charge in [-0.15, -0.1) is 0 Å². The van der Waals surface area contributed by atoms with Crippen LogP contribution in [0.25, 0.3) is 0 Å². The van der Waals surface area contributed by atoms with E-state index in [0.717, 1.165) is 34.9 Å². The largest absolute Gasteiger partial charge is 0.495 e. The van der Waals surface area contributed by atoms with Crippen molar-refractivity contribution < 1.29 is 4.74 Å². The first kappa shape index (κ1) is 15.7. The molecule has 21 heavy (non-hydrogen) atoms. The molecule has 0 spiro atoms. The highest BCUT2D eigenvalue weighted by Gasteiger charge is 2.14. The van der Waals surface area contributed by atoms with Gasteiger partial charge in [0.2, 0.25) is 0 Å². The van der Waals surface area contributed by atoms with Crippen LogP contribution in [-0.4, -0.2) is 7.11 Å². The Morgan fingerprint density at radius 1 is 1.19 bits per heavy atom. The fourth-order valence-corrected chi connectivity index (χ4v) is 2.58. The van der Waals surface area contributed by atoms with Crippen LogP contribution in [0.15, 0.2) is 42.5 Å². The van der Waals surface area contributed by atoms with Crippen LogP contribution in [0.3, 0.4) is 0 Å². The zero-order valence-corrected chi connectivity index (χ0v) is 13.6. The molecule has 0 aliphatic heterocycles. The van der Waals surface area contributed by atoms with Gasteiger partial charge < -0.3 is 10.1 Å². The number of anilines is 1. The minimum Gasteiger partial charge on any atom is -0.495 e. The smallest absolute Gasteiger partial charge is 0.143 e. The molecule has 0 bridgehead atoms. The van der Waals surface area contributed by atoms with Gasteiger partial charge in [-0.1, -0.05) is 55.3 Å². The van der Waals surface area contributed by atoms with Crippen molar-refractivity contribution in [3.8, 4) is 5.75 Å². The number of hydrogen-bond acceptors (Lipinski definition) is 2. The van der Waals surface area contributed by atoms with Crippen molar-refractivity contribution in [2.75, 3.05) is 12.4 Å². The molecule has 3 heteroatoms. The SMILES string of the molecule is CCCC(Nc1cc(C)c(Cl)cc1OC)c1ccccc1. The molecule has 1 unspecified atom stereocenters. The number of nitrogens with one attached hydrogen (secondary N) is 1. The van der Waals surface area contributed by atoms with Gasteiger partial charge in [-0.25, -0.2) is 0 Å². The Kier molecular flexibility index (Phi) is 5.51. The third-order valence-corrected chi connectivity index (χ3v) is 4.00. The molecule has 2 aromatic rings. The lowest BCUT2D eigenvalue weighted by Gasteiger charge is -2.22. The summed E-state index contributed by atoms with van der Waals surface area (Å²) in [4.78, 5) is 0. The molecule has 0 aromatic heterocycles. The Labute approximate surface area is 132 Å². The van der Waals surface area contributed by atoms with Gasteiger partial charge in [-0.05, 0) is 30.5 Å². The van der Waals surface area contributed by atoms with Gasteiger partial charge in [0.05, 0.1) is 18.8 Å². The predicted molar refractivity (Wildman–Crippen MR) is 90.5 cm³/mol. The lowest BCUT2D eigenvalue weighted by atomic mass is 10.0. The average Bonchev–Trinajstić information content (AvgIpc) is 2.51. The van der Waals surface area contributed by atoms with E-state index in [1.165, 1.54) is 5.56 Å². The summed E-state index contributed by atoms with van der Waals surface area (Å²) in [5.41, 5.74) is 3.32. The van der Waals surface area contributed by atoms with E-state index < -0.39 is 0 Å². The van der Waals surface area contributed by atoms with Gasteiger partial charge in [0.15, 0.2) is 0 Å². The van der Waals surface area contributed by atoms with Gasteiger partial charge >= 0.3 is 0 Å². The van der Waals surface area contributed by atoms with E-state index in [2.05, 4.69) is 36.5 Å². The number of rotatable bonds is 6. The molecule has 0 fully saturated rings. The van der Waals surface area contributed by atoms with Gasteiger partial charge in [0.1, 0.15) is 5.75 Å². The Balaban J connectivity index is 2.31. The van der Waals surface area contributed by atoms with Crippen LogP contribution in [0.1, 0.15) is 36.9 Å². The maximum atomic E-state index is 6.17. The minimum absolute atomic E-state index is 0.269. The summed E-state index contributed by atoms with van der Waals surface area (Å²) in [5.74, 6) is 0.780. The fraction of sp³-hybridized carbons (Fsp3) is 0.333. The summed E-state index contributed by atoms with van der Waals surface area (Å²) in [6.07, 6.45) is 2.18. The molecule has 0 radical (unpaired) electrons. The first-order chi connectivity index (χ1) is 10.2. The molecule has 0 heterocycles. The molecule has 2 rings (SSSR count). The van der Waals surface area contributed by atoms with Crippen LogP contribution < -0.4 is 10.1 Å². The van der Waals surface area contributed by atoms with Gasteiger partial charge in [0.25, 0.3) is 0 Å². The second kappa shape index (κ2) is 7.37. The van der Waals surface area contributed by atoms with Crippen LogP contribution in [0.4, 0.5) is 5.69 Å². The third kappa shape index (κ3) is 3.92. The number of halogens is 1. The monoisotopic (exact) mass is 303 g/mol. The Bertz CT molecular complexity index is 583. The highest BCUT2D eigenvalue weighted by Crippen LogP contribution is 2.34. The maximum absolute atomic E-state index is 6.17. The Hall–Kier alpha value is -1.67. The molecule has 112 valence electrons. The number of aryl methyl sites for hydroxylation is 1. The van der Waals surface area contributed by atoms with Gasteiger partial charge in [-0.3, -0.25) is 0 Å². The molecule has 0 saturated heterocycles. The van der Waals surface area contributed by atoms with E-state index in [1.807, 2.05) is 25.1 Å². The highest BCUT2D eigenvalue weighted by molar-refractivity contribution is 6.31. The summed E-state index contributed by atoms with van der Waals surface area (Å²) in [6, 6.07) is 14.7. The molecule has 1 atom stereocenters. The summed E-state index contributed by atoms with van der Waals surface area (Å²) in [7, 11) is 1.67. The highest BCUT2D eigenvalue weighted by atomic mass is 35.5. The summed E-state index contributed by atoms with van der Waals surface area (Å²) < 4.78 is 5.45. The average molecular weight is 304 g/mol. The topological polar surface area (TPSA) is 21.3 Å². The molecule has 2 nitrogen and oxygen atoms in total. The van der Waals surface area contributed by atoms with Crippen molar-refractivity contribution in [2.45, 2.75) is 32.7 Å². The summed E-state index contributed by atoms with van der Waals surface area (Å²) in [5, 5.41) is 4.33. The number of benzene rings is 2. The Morgan fingerprint density at radius 3 is 2.52 bits per heavy atom. The van der Waals surface area contributed by atoms with Crippen LogP contribution >= 0.6 is 11.6 Å². The van der Waals surface area contributed by atoms with Crippen LogP contribution in [0, 0.1) is 6.92 Å². The molecule has 2 aromatic carbocycles. The molecular formula is C18H22ClNO. The van der Waals surface area contributed by atoms with E-state index in [-0.39, 0.29) is 6.04 Å². The maximum Gasteiger partial charge on any atom is 0.143 e. The zero-order valence-electron chi connectivity index (χ0n) is 12.8. The Morgan fingerprint density at radius 2 is 1.90 bits per heavy atom. The van der Waals surface area contributed by atoms with Crippen molar-refractivity contribution >= 4 is 17.3 Å². The number of methoxy groups -OCH3 is 1. The second-order valence-electron chi connectivity index (χ2n) is 5.20. The minimum atomic E-state index is 0.269. The van der Waals surface area contributed by atoms with Crippen molar-refractivity contribution in [1.29, 1.82) is 0 Å². The molecule has 0 amide bonds.